The first kappa shape index (κ1) is 17.9. The lowest BCUT2D eigenvalue weighted by Crippen LogP contribution is -2.47. The van der Waals surface area contributed by atoms with Crippen LogP contribution in [0.3, 0.4) is 0 Å². The largest absolute Gasteiger partial charge is 0.480 e. The molecule has 1 unspecified atom stereocenters. The number of aliphatic carboxylic acids is 1. The molecule has 1 N–H and O–H groups in total. The average molecular weight is 369 g/mol. The van der Waals surface area contributed by atoms with Crippen LogP contribution in [-0.4, -0.2) is 44.6 Å². The number of rotatable bonds is 3. The number of likely N-dealkylation sites (tertiary alicyclic amines) is 1. The molecule has 138 valence electrons. The molecule has 1 saturated heterocycles. The SMILES string of the molecule is O=C(O)C1CCCCN1C(=O)c1ccc(-c2noc(C(F)(F)F)n2)cc1. The lowest BCUT2D eigenvalue weighted by Gasteiger charge is -2.33. The molecule has 1 aromatic heterocycles. The first-order valence-corrected chi connectivity index (χ1v) is 7.82. The van der Waals surface area contributed by atoms with Crippen molar-refractivity contribution in [1.82, 2.24) is 15.0 Å². The minimum Gasteiger partial charge on any atom is -0.480 e. The van der Waals surface area contributed by atoms with Gasteiger partial charge in [0, 0.05) is 17.7 Å². The van der Waals surface area contributed by atoms with Crippen molar-refractivity contribution in [2.24, 2.45) is 0 Å². The molecule has 0 bridgehead atoms. The number of alkyl halides is 3. The van der Waals surface area contributed by atoms with E-state index in [1.54, 1.807) is 0 Å². The summed E-state index contributed by atoms with van der Waals surface area (Å²) in [5.74, 6) is -3.20. The maximum atomic E-state index is 12.6. The maximum Gasteiger partial charge on any atom is 0.471 e. The van der Waals surface area contributed by atoms with E-state index >= 15 is 0 Å². The fraction of sp³-hybridized carbons (Fsp3) is 0.375. The Morgan fingerprint density at radius 3 is 2.46 bits per heavy atom. The van der Waals surface area contributed by atoms with Crippen LogP contribution in [-0.2, 0) is 11.0 Å². The molecular formula is C16H14F3N3O4. The number of amides is 1. The van der Waals surface area contributed by atoms with Gasteiger partial charge in [-0.25, -0.2) is 4.79 Å². The monoisotopic (exact) mass is 369 g/mol. The van der Waals surface area contributed by atoms with Crippen LogP contribution in [0.1, 0.15) is 35.5 Å². The van der Waals surface area contributed by atoms with Gasteiger partial charge in [-0.3, -0.25) is 4.79 Å². The van der Waals surface area contributed by atoms with Crippen molar-refractivity contribution in [1.29, 1.82) is 0 Å². The third kappa shape index (κ3) is 3.53. The van der Waals surface area contributed by atoms with Crippen LogP contribution in [0.25, 0.3) is 11.4 Å². The molecule has 1 aliphatic heterocycles. The minimum atomic E-state index is -4.73. The predicted molar refractivity (Wildman–Crippen MR) is 81.0 cm³/mol. The molecule has 3 rings (SSSR count). The van der Waals surface area contributed by atoms with Gasteiger partial charge in [-0.05, 0) is 31.4 Å². The highest BCUT2D eigenvalue weighted by Gasteiger charge is 2.38. The third-order valence-electron chi connectivity index (χ3n) is 4.11. The van der Waals surface area contributed by atoms with Crippen LogP contribution in [0.5, 0.6) is 0 Å². The molecular weight excluding hydrogens is 355 g/mol. The van der Waals surface area contributed by atoms with Gasteiger partial charge < -0.3 is 14.5 Å². The molecule has 10 heteroatoms. The van der Waals surface area contributed by atoms with Gasteiger partial charge in [0.05, 0.1) is 0 Å². The van der Waals surface area contributed by atoms with Gasteiger partial charge in [-0.1, -0.05) is 17.3 Å². The molecule has 0 radical (unpaired) electrons. The van der Waals surface area contributed by atoms with E-state index in [9.17, 15) is 27.9 Å². The van der Waals surface area contributed by atoms with Crippen LogP contribution in [0.2, 0.25) is 0 Å². The van der Waals surface area contributed by atoms with Gasteiger partial charge in [0.2, 0.25) is 5.82 Å². The van der Waals surface area contributed by atoms with Gasteiger partial charge in [0.15, 0.2) is 0 Å². The Morgan fingerprint density at radius 1 is 1.19 bits per heavy atom. The minimum absolute atomic E-state index is 0.237. The van der Waals surface area contributed by atoms with E-state index in [1.165, 1.54) is 29.2 Å². The number of carbonyl (C=O) groups excluding carboxylic acids is 1. The summed E-state index contributed by atoms with van der Waals surface area (Å²) in [5, 5.41) is 12.5. The number of piperidine rings is 1. The van der Waals surface area contributed by atoms with Crippen molar-refractivity contribution < 1.29 is 32.4 Å². The van der Waals surface area contributed by atoms with E-state index in [-0.39, 0.29) is 17.0 Å². The Hall–Kier alpha value is -2.91. The molecule has 1 fully saturated rings. The van der Waals surface area contributed by atoms with Crippen LogP contribution in [0.15, 0.2) is 28.8 Å². The summed E-state index contributed by atoms with van der Waals surface area (Å²) in [6, 6.07) is 4.70. The first-order chi connectivity index (χ1) is 12.3. The molecule has 2 heterocycles. The number of halogens is 3. The summed E-state index contributed by atoms with van der Waals surface area (Å²) in [4.78, 5) is 28.5. The molecule has 0 spiro atoms. The second-order valence-electron chi connectivity index (χ2n) is 5.85. The number of carboxylic acid groups (broad SMARTS) is 1. The Labute approximate surface area is 145 Å². The van der Waals surface area contributed by atoms with E-state index < -0.39 is 30.0 Å². The van der Waals surface area contributed by atoms with E-state index in [4.69, 9.17) is 0 Å². The van der Waals surface area contributed by atoms with Crippen molar-refractivity contribution in [2.75, 3.05) is 6.54 Å². The number of nitrogens with zero attached hydrogens (tertiary/aromatic N) is 3. The summed E-state index contributed by atoms with van der Waals surface area (Å²) < 4.78 is 41.7. The van der Waals surface area contributed by atoms with Crippen LogP contribution in [0, 0.1) is 0 Å². The zero-order chi connectivity index (χ0) is 18.9. The Bertz CT molecular complexity index is 817. The average Bonchev–Trinajstić information content (AvgIpc) is 3.12. The zero-order valence-corrected chi connectivity index (χ0v) is 13.4. The maximum absolute atomic E-state index is 12.6. The van der Waals surface area contributed by atoms with Crippen molar-refractivity contribution in [3.8, 4) is 11.4 Å². The topological polar surface area (TPSA) is 96.5 Å². The smallest absolute Gasteiger partial charge is 0.471 e. The molecule has 7 nitrogen and oxygen atoms in total. The summed E-state index contributed by atoms with van der Waals surface area (Å²) in [5.41, 5.74) is 0.482. The Morgan fingerprint density at radius 2 is 1.88 bits per heavy atom. The fourth-order valence-corrected chi connectivity index (χ4v) is 2.81. The highest BCUT2D eigenvalue weighted by atomic mass is 19.4. The van der Waals surface area contributed by atoms with Crippen molar-refractivity contribution in [2.45, 2.75) is 31.5 Å². The third-order valence-corrected chi connectivity index (χ3v) is 4.11. The number of carbonyl (C=O) groups is 2. The highest BCUT2D eigenvalue weighted by molar-refractivity contribution is 5.97. The molecule has 1 aliphatic rings. The molecule has 0 aliphatic carbocycles. The van der Waals surface area contributed by atoms with E-state index in [1.807, 2.05) is 0 Å². The summed E-state index contributed by atoms with van der Waals surface area (Å²) in [7, 11) is 0. The lowest BCUT2D eigenvalue weighted by molar-refractivity contribution is -0.159. The van der Waals surface area contributed by atoms with Crippen LogP contribution < -0.4 is 0 Å². The second kappa shape index (κ2) is 6.77. The number of hydrogen-bond donors (Lipinski definition) is 1. The Kier molecular flexibility index (Phi) is 4.66. The summed E-state index contributed by atoms with van der Waals surface area (Å²) in [6.45, 7) is 0.345. The zero-order valence-electron chi connectivity index (χ0n) is 13.4. The second-order valence-corrected chi connectivity index (χ2v) is 5.85. The quantitative estimate of drug-likeness (QED) is 0.894. The van der Waals surface area contributed by atoms with Crippen molar-refractivity contribution in [3.63, 3.8) is 0 Å². The molecule has 1 amide bonds. The lowest BCUT2D eigenvalue weighted by atomic mass is 10.0. The number of aromatic nitrogens is 2. The molecule has 1 atom stereocenters. The van der Waals surface area contributed by atoms with Gasteiger partial charge in [-0.15, -0.1) is 0 Å². The van der Waals surface area contributed by atoms with Gasteiger partial charge >= 0.3 is 18.0 Å². The standard InChI is InChI=1S/C16H14F3N3O4/c17-16(18,19)15-20-12(21-26-15)9-4-6-10(7-5-9)13(23)22-8-2-1-3-11(22)14(24)25/h4-7,11H,1-3,8H2,(H,24,25). The first-order valence-electron chi connectivity index (χ1n) is 7.82. The summed E-state index contributed by atoms with van der Waals surface area (Å²) >= 11 is 0. The van der Waals surface area contributed by atoms with E-state index in [0.29, 0.717) is 13.0 Å². The summed E-state index contributed by atoms with van der Waals surface area (Å²) in [6.07, 6.45) is -2.89. The van der Waals surface area contributed by atoms with E-state index in [2.05, 4.69) is 14.7 Å². The van der Waals surface area contributed by atoms with Gasteiger partial charge in [-0.2, -0.15) is 18.2 Å². The number of hydrogen-bond acceptors (Lipinski definition) is 5. The van der Waals surface area contributed by atoms with E-state index in [0.717, 1.165) is 12.8 Å². The van der Waals surface area contributed by atoms with Crippen LogP contribution >= 0.6 is 0 Å². The molecule has 0 saturated carbocycles. The molecule has 2 aromatic rings. The molecule has 1 aromatic carbocycles. The van der Waals surface area contributed by atoms with Crippen molar-refractivity contribution >= 4 is 11.9 Å². The highest BCUT2D eigenvalue weighted by Crippen LogP contribution is 2.29. The van der Waals surface area contributed by atoms with Gasteiger partial charge in [0.25, 0.3) is 5.91 Å². The number of benzene rings is 1. The number of carboxylic acids is 1. The van der Waals surface area contributed by atoms with Crippen LogP contribution in [0.4, 0.5) is 13.2 Å². The molecule has 26 heavy (non-hydrogen) atoms. The Balaban J connectivity index is 1.79. The van der Waals surface area contributed by atoms with Gasteiger partial charge in [0.1, 0.15) is 6.04 Å². The predicted octanol–water partition coefficient (Wildman–Crippen LogP) is 2.83. The normalized spacial score (nSPS) is 18.0. The van der Waals surface area contributed by atoms with Crippen molar-refractivity contribution in [3.05, 3.63) is 35.7 Å². The fourth-order valence-electron chi connectivity index (χ4n) is 2.81.